The molecule has 1 saturated heterocycles. The number of benzene rings is 1. The third kappa shape index (κ3) is 3.53. The lowest BCUT2D eigenvalue weighted by atomic mass is 10.1. The Bertz CT molecular complexity index is 746. The summed E-state index contributed by atoms with van der Waals surface area (Å²) in [7, 11) is 3.94. The minimum atomic E-state index is 0.544. The van der Waals surface area contributed by atoms with Crippen LogP contribution >= 0.6 is 11.8 Å². The van der Waals surface area contributed by atoms with Crippen molar-refractivity contribution in [3.8, 4) is 0 Å². The number of hydrogen-bond donors (Lipinski definition) is 0. The highest BCUT2D eigenvalue weighted by Gasteiger charge is 2.24. The molecule has 2 aliphatic heterocycles. The molecule has 0 radical (unpaired) electrons. The van der Waals surface area contributed by atoms with Crippen LogP contribution in [0.15, 0.2) is 46.5 Å². The Morgan fingerprint density at radius 3 is 2.72 bits per heavy atom. The molecule has 4 rings (SSSR count). The van der Waals surface area contributed by atoms with Crippen molar-refractivity contribution in [2.24, 2.45) is 0 Å². The van der Waals surface area contributed by atoms with Crippen LogP contribution in [0, 0.1) is 0 Å². The van der Waals surface area contributed by atoms with E-state index < -0.39 is 0 Å². The first-order chi connectivity index (χ1) is 12.2. The van der Waals surface area contributed by atoms with Crippen LogP contribution in [0.2, 0.25) is 0 Å². The van der Waals surface area contributed by atoms with E-state index in [4.69, 9.17) is 4.74 Å². The van der Waals surface area contributed by atoms with Crippen molar-refractivity contribution >= 4 is 23.1 Å². The minimum Gasteiger partial charge on any atom is -0.364 e. The molecule has 0 amide bonds. The number of likely N-dealkylation sites (N-methyl/N-ethyl adjacent to an activating group) is 1. The molecule has 25 heavy (non-hydrogen) atoms. The average molecular weight is 356 g/mol. The van der Waals surface area contributed by atoms with Gasteiger partial charge in [0.15, 0.2) is 0 Å². The van der Waals surface area contributed by atoms with Crippen molar-refractivity contribution in [2.45, 2.75) is 16.3 Å². The number of aromatic nitrogens is 1. The number of piperazine rings is 1. The van der Waals surface area contributed by atoms with E-state index in [9.17, 15) is 0 Å². The standard InChI is InChI=1S/C19H24N4OS/c1-21-7-9-22(10-8-21)13-15-3-4-18-17(11-15)23(14-24-2)16-5-6-20-12-19(16)25-18/h3-6,11-12H,7-10,13-14H2,1-2H3. The number of pyridine rings is 1. The first-order valence-electron chi connectivity index (χ1n) is 8.67. The number of rotatable bonds is 4. The molecule has 0 N–H and O–H groups in total. The van der Waals surface area contributed by atoms with Crippen LogP contribution in [-0.2, 0) is 11.3 Å². The molecule has 1 aromatic heterocycles. The van der Waals surface area contributed by atoms with Crippen LogP contribution in [0.5, 0.6) is 0 Å². The Morgan fingerprint density at radius 2 is 1.92 bits per heavy atom. The number of ether oxygens (including phenoxy) is 1. The maximum atomic E-state index is 5.48. The number of fused-ring (bicyclic) bond motifs is 2. The summed E-state index contributed by atoms with van der Waals surface area (Å²) in [5.74, 6) is 0. The zero-order valence-corrected chi connectivity index (χ0v) is 15.6. The summed E-state index contributed by atoms with van der Waals surface area (Å²) in [6.07, 6.45) is 3.78. The summed E-state index contributed by atoms with van der Waals surface area (Å²) in [4.78, 5) is 13.9. The molecule has 0 atom stereocenters. The lowest BCUT2D eigenvalue weighted by molar-refractivity contribution is 0.148. The van der Waals surface area contributed by atoms with Gasteiger partial charge < -0.3 is 14.5 Å². The summed E-state index contributed by atoms with van der Waals surface area (Å²) in [6.45, 7) is 6.13. The Hall–Kier alpha value is -1.60. The fourth-order valence-electron chi connectivity index (χ4n) is 3.41. The quantitative estimate of drug-likeness (QED) is 0.837. The number of methoxy groups -OCH3 is 1. The second kappa shape index (κ2) is 7.33. The predicted octanol–water partition coefficient (Wildman–Crippen LogP) is 3.04. The van der Waals surface area contributed by atoms with E-state index in [1.165, 1.54) is 26.7 Å². The van der Waals surface area contributed by atoms with Gasteiger partial charge in [-0.25, -0.2) is 0 Å². The van der Waals surface area contributed by atoms with E-state index in [0.29, 0.717) is 6.73 Å². The van der Waals surface area contributed by atoms with Gasteiger partial charge in [-0.05, 0) is 30.8 Å². The molecule has 3 heterocycles. The fraction of sp³-hybridized carbons (Fsp3) is 0.421. The van der Waals surface area contributed by atoms with Gasteiger partial charge in [-0.3, -0.25) is 9.88 Å². The number of anilines is 2. The molecule has 2 aromatic rings. The summed E-state index contributed by atoms with van der Waals surface area (Å²) in [5.41, 5.74) is 3.77. The molecule has 0 spiro atoms. The van der Waals surface area contributed by atoms with Gasteiger partial charge in [0.25, 0.3) is 0 Å². The Morgan fingerprint density at radius 1 is 1.08 bits per heavy atom. The topological polar surface area (TPSA) is 31.8 Å². The van der Waals surface area contributed by atoms with E-state index in [2.05, 4.69) is 51.0 Å². The average Bonchev–Trinajstić information content (AvgIpc) is 2.64. The van der Waals surface area contributed by atoms with E-state index >= 15 is 0 Å². The smallest absolute Gasteiger partial charge is 0.123 e. The Balaban J connectivity index is 1.60. The molecule has 1 aromatic carbocycles. The van der Waals surface area contributed by atoms with Gasteiger partial charge >= 0.3 is 0 Å². The van der Waals surface area contributed by atoms with Gasteiger partial charge in [0.2, 0.25) is 0 Å². The highest BCUT2D eigenvalue weighted by atomic mass is 32.2. The van der Waals surface area contributed by atoms with Gasteiger partial charge in [-0.1, -0.05) is 17.8 Å². The molecule has 2 aliphatic rings. The van der Waals surface area contributed by atoms with Crippen molar-refractivity contribution in [3.05, 3.63) is 42.2 Å². The second-order valence-corrected chi connectivity index (χ2v) is 7.76. The van der Waals surface area contributed by atoms with Gasteiger partial charge in [-0.2, -0.15) is 0 Å². The predicted molar refractivity (Wildman–Crippen MR) is 102 cm³/mol. The zero-order valence-electron chi connectivity index (χ0n) is 14.8. The molecule has 132 valence electrons. The van der Waals surface area contributed by atoms with E-state index in [-0.39, 0.29) is 0 Å². The number of nitrogens with zero attached hydrogens (tertiary/aromatic N) is 4. The summed E-state index contributed by atoms with van der Waals surface area (Å²) < 4.78 is 5.48. The normalized spacial score (nSPS) is 18.1. The van der Waals surface area contributed by atoms with Crippen molar-refractivity contribution in [1.82, 2.24) is 14.8 Å². The Kier molecular flexibility index (Phi) is 4.94. The molecule has 6 heteroatoms. The molecule has 0 bridgehead atoms. The minimum absolute atomic E-state index is 0.544. The fourth-order valence-corrected chi connectivity index (χ4v) is 4.46. The molecule has 0 aliphatic carbocycles. The van der Waals surface area contributed by atoms with Crippen LogP contribution in [0.4, 0.5) is 11.4 Å². The van der Waals surface area contributed by atoms with Crippen molar-refractivity contribution in [2.75, 3.05) is 52.0 Å². The highest BCUT2D eigenvalue weighted by Crippen LogP contribution is 2.47. The lowest BCUT2D eigenvalue weighted by Crippen LogP contribution is -2.43. The first-order valence-corrected chi connectivity index (χ1v) is 9.48. The van der Waals surface area contributed by atoms with Crippen LogP contribution in [0.1, 0.15) is 5.56 Å². The van der Waals surface area contributed by atoms with E-state index in [1.54, 1.807) is 18.9 Å². The number of hydrogen-bond acceptors (Lipinski definition) is 6. The maximum Gasteiger partial charge on any atom is 0.123 e. The maximum absolute atomic E-state index is 5.48. The molecular formula is C19H24N4OS. The van der Waals surface area contributed by atoms with Gasteiger partial charge in [0.1, 0.15) is 6.73 Å². The van der Waals surface area contributed by atoms with Crippen LogP contribution in [0.25, 0.3) is 0 Å². The molecular weight excluding hydrogens is 332 g/mol. The van der Waals surface area contributed by atoms with Crippen molar-refractivity contribution < 1.29 is 4.74 Å². The van der Waals surface area contributed by atoms with Gasteiger partial charge in [0.05, 0.1) is 16.3 Å². The Labute approximate surface area is 153 Å². The summed E-state index contributed by atoms with van der Waals surface area (Å²) >= 11 is 1.79. The monoisotopic (exact) mass is 356 g/mol. The third-order valence-corrected chi connectivity index (χ3v) is 5.95. The van der Waals surface area contributed by atoms with Crippen molar-refractivity contribution in [3.63, 3.8) is 0 Å². The van der Waals surface area contributed by atoms with Gasteiger partial charge in [0, 0.05) is 57.1 Å². The third-order valence-electron chi connectivity index (χ3n) is 4.85. The van der Waals surface area contributed by atoms with Crippen LogP contribution in [-0.4, -0.2) is 61.9 Å². The molecule has 0 unspecified atom stereocenters. The van der Waals surface area contributed by atoms with Gasteiger partial charge in [-0.15, -0.1) is 0 Å². The summed E-state index contributed by atoms with van der Waals surface area (Å²) in [5, 5.41) is 0. The largest absolute Gasteiger partial charge is 0.364 e. The molecule has 5 nitrogen and oxygen atoms in total. The molecule has 0 saturated carbocycles. The van der Waals surface area contributed by atoms with Crippen LogP contribution in [0.3, 0.4) is 0 Å². The lowest BCUT2D eigenvalue weighted by Gasteiger charge is -2.34. The molecule has 1 fully saturated rings. The zero-order chi connectivity index (χ0) is 17.2. The van der Waals surface area contributed by atoms with E-state index in [1.807, 2.05) is 12.4 Å². The summed E-state index contributed by atoms with van der Waals surface area (Å²) in [6, 6.07) is 8.89. The second-order valence-electron chi connectivity index (χ2n) is 6.67. The van der Waals surface area contributed by atoms with Crippen LogP contribution < -0.4 is 4.90 Å². The first kappa shape index (κ1) is 16.8. The van der Waals surface area contributed by atoms with E-state index in [0.717, 1.165) is 32.7 Å². The SMILES string of the molecule is COCN1c2ccncc2Sc2ccc(CN3CCN(C)CC3)cc21. The van der Waals surface area contributed by atoms with Crippen molar-refractivity contribution in [1.29, 1.82) is 0 Å². The highest BCUT2D eigenvalue weighted by molar-refractivity contribution is 7.99.